The van der Waals surface area contributed by atoms with Crippen molar-refractivity contribution in [2.24, 2.45) is 5.92 Å². The van der Waals surface area contributed by atoms with Crippen molar-refractivity contribution in [1.82, 2.24) is 14.9 Å². The number of amides is 1. The standard InChI is InChI=1S/C18H22N4O/c1-21(2)17-5-9-20-12-16(17)18(23)22-10-6-15(13-22)11-14-3-7-19-8-4-14/h3-5,7-9,12,15H,6,10-11,13H2,1-2H3. The highest BCUT2D eigenvalue weighted by atomic mass is 16.2. The van der Waals surface area contributed by atoms with Crippen molar-refractivity contribution in [3.8, 4) is 0 Å². The van der Waals surface area contributed by atoms with Crippen molar-refractivity contribution >= 4 is 11.6 Å². The van der Waals surface area contributed by atoms with Gasteiger partial charge in [0.15, 0.2) is 0 Å². The second-order valence-electron chi connectivity index (χ2n) is 6.25. The Kier molecular flexibility index (Phi) is 4.55. The third kappa shape index (κ3) is 3.50. The lowest BCUT2D eigenvalue weighted by atomic mass is 10.00. The fourth-order valence-electron chi connectivity index (χ4n) is 3.15. The fourth-order valence-corrected chi connectivity index (χ4v) is 3.15. The molecular formula is C18H22N4O. The quantitative estimate of drug-likeness (QED) is 0.869. The highest BCUT2D eigenvalue weighted by Gasteiger charge is 2.28. The summed E-state index contributed by atoms with van der Waals surface area (Å²) in [5, 5.41) is 0. The maximum Gasteiger partial charge on any atom is 0.257 e. The molecule has 0 aliphatic carbocycles. The minimum Gasteiger partial charge on any atom is -0.377 e. The molecule has 3 rings (SSSR count). The predicted molar refractivity (Wildman–Crippen MR) is 90.5 cm³/mol. The zero-order valence-corrected chi connectivity index (χ0v) is 13.6. The molecule has 0 aromatic carbocycles. The van der Waals surface area contributed by atoms with Gasteiger partial charge in [-0.05, 0) is 42.5 Å². The van der Waals surface area contributed by atoms with Crippen molar-refractivity contribution < 1.29 is 4.79 Å². The second kappa shape index (κ2) is 6.77. The first-order chi connectivity index (χ1) is 11.1. The number of carbonyl (C=O) groups excluding carboxylic acids is 1. The zero-order valence-electron chi connectivity index (χ0n) is 13.6. The van der Waals surface area contributed by atoms with E-state index >= 15 is 0 Å². The Morgan fingerprint density at radius 1 is 1.22 bits per heavy atom. The molecule has 3 heterocycles. The Morgan fingerprint density at radius 3 is 2.70 bits per heavy atom. The number of aromatic nitrogens is 2. The summed E-state index contributed by atoms with van der Waals surface area (Å²) in [7, 11) is 3.89. The van der Waals surface area contributed by atoms with Gasteiger partial charge in [-0.25, -0.2) is 0 Å². The van der Waals surface area contributed by atoms with E-state index in [2.05, 4.69) is 22.1 Å². The van der Waals surface area contributed by atoms with Crippen LogP contribution in [0.4, 0.5) is 5.69 Å². The maximum atomic E-state index is 12.8. The first kappa shape index (κ1) is 15.5. The van der Waals surface area contributed by atoms with Crippen molar-refractivity contribution in [2.45, 2.75) is 12.8 Å². The van der Waals surface area contributed by atoms with Gasteiger partial charge in [-0.3, -0.25) is 14.8 Å². The summed E-state index contributed by atoms with van der Waals surface area (Å²) in [4.78, 5) is 24.9. The van der Waals surface area contributed by atoms with E-state index in [-0.39, 0.29) is 5.91 Å². The highest BCUT2D eigenvalue weighted by Crippen LogP contribution is 2.25. The smallest absolute Gasteiger partial charge is 0.257 e. The van der Waals surface area contributed by atoms with E-state index in [1.54, 1.807) is 12.4 Å². The van der Waals surface area contributed by atoms with Crippen LogP contribution in [-0.2, 0) is 6.42 Å². The summed E-state index contributed by atoms with van der Waals surface area (Å²) in [6, 6.07) is 5.99. The number of rotatable bonds is 4. The molecule has 0 bridgehead atoms. The van der Waals surface area contributed by atoms with Crippen LogP contribution in [0.2, 0.25) is 0 Å². The Balaban J connectivity index is 1.68. The lowest BCUT2D eigenvalue weighted by molar-refractivity contribution is 0.0787. The molecule has 1 atom stereocenters. The van der Waals surface area contributed by atoms with Crippen LogP contribution in [0.3, 0.4) is 0 Å². The van der Waals surface area contributed by atoms with E-state index in [1.165, 1.54) is 5.56 Å². The van der Waals surface area contributed by atoms with E-state index in [0.29, 0.717) is 11.5 Å². The van der Waals surface area contributed by atoms with Crippen LogP contribution in [0.1, 0.15) is 22.3 Å². The van der Waals surface area contributed by atoms with E-state index < -0.39 is 0 Å². The van der Waals surface area contributed by atoms with Gasteiger partial charge in [-0.15, -0.1) is 0 Å². The van der Waals surface area contributed by atoms with Crippen molar-refractivity contribution in [3.63, 3.8) is 0 Å². The highest BCUT2D eigenvalue weighted by molar-refractivity contribution is 5.99. The van der Waals surface area contributed by atoms with E-state index in [4.69, 9.17) is 0 Å². The van der Waals surface area contributed by atoms with Gasteiger partial charge < -0.3 is 9.80 Å². The normalized spacial score (nSPS) is 17.3. The minimum atomic E-state index is 0.0824. The van der Waals surface area contributed by atoms with Crippen LogP contribution in [0, 0.1) is 5.92 Å². The molecule has 0 radical (unpaired) electrons. The summed E-state index contributed by atoms with van der Waals surface area (Å²) >= 11 is 0. The van der Waals surface area contributed by atoms with Gasteiger partial charge in [0.05, 0.1) is 11.3 Å². The average molecular weight is 310 g/mol. The van der Waals surface area contributed by atoms with Crippen LogP contribution >= 0.6 is 0 Å². The Labute approximate surface area is 137 Å². The summed E-state index contributed by atoms with van der Waals surface area (Å²) < 4.78 is 0. The lowest BCUT2D eigenvalue weighted by Crippen LogP contribution is -2.30. The molecule has 1 aliphatic heterocycles. The Hall–Kier alpha value is -2.43. The monoisotopic (exact) mass is 310 g/mol. The van der Waals surface area contributed by atoms with Gasteiger partial charge in [0.1, 0.15) is 0 Å². The predicted octanol–water partition coefficient (Wildman–Crippen LogP) is 2.25. The largest absolute Gasteiger partial charge is 0.377 e. The van der Waals surface area contributed by atoms with Crippen molar-refractivity contribution in [1.29, 1.82) is 0 Å². The van der Waals surface area contributed by atoms with E-state index in [9.17, 15) is 4.79 Å². The molecule has 0 spiro atoms. The summed E-state index contributed by atoms with van der Waals surface area (Å²) in [5.41, 5.74) is 2.89. The molecule has 2 aromatic rings. The third-order valence-electron chi connectivity index (χ3n) is 4.36. The summed E-state index contributed by atoms with van der Waals surface area (Å²) in [5.74, 6) is 0.597. The molecule has 5 nitrogen and oxygen atoms in total. The number of pyridine rings is 2. The molecule has 1 aliphatic rings. The molecule has 2 aromatic heterocycles. The van der Waals surface area contributed by atoms with Crippen LogP contribution in [-0.4, -0.2) is 48.0 Å². The molecule has 1 fully saturated rings. The number of carbonyl (C=O) groups is 1. The summed E-state index contributed by atoms with van der Waals surface area (Å²) in [6.45, 7) is 1.62. The molecular weight excluding hydrogens is 288 g/mol. The molecule has 1 saturated heterocycles. The maximum absolute atomic E-state index is 12.8. The van der Waals surface area contributed by atoms with Crippen molar-refractivity contribution in [2.75, 3.05) is 32.1 Å². The Bertz CT molecular complexity index is 672. The molecule has 0 saturated carbocycles. The van der Waals surface area contributed by atoms with Gasteiger partial charge in [0.25, 0.3) is 5.91 Å². The van der Waals surface area contributed by atoms with Crippen molar-refractivity contribution in [3.05, 3.63) is 54.1 Å². The fraction of sp³-hybridized carbons (Fsp3) is 0.389. The zero-order chi connectivity index (χ0) is 16.2. The molecule has 1 unspecified atom stereocenters. The van der Waals surface area contributed by atoms with Crippen LogP contribution < -0.4 is 4.90 Å². The molecule has 0 N–H and O–H groups in total. The minimum absolute atomic E-state index is 0.0824. The molecule has 5 heteroatoms. The van der Waals surface area contributed by atoms with Gasteiger partial charge in [0, 0.05) is 52.0 Å². The number of anilines is 1. The number of hydrogen-bond donors (Lipinski definition) is 0. The average Bonchev–Trinajstić information content (AvgIpc) is 3.03. The molecule has 1 amide bonds. The molecule has 23 heavy (non-hydrogen) atoms. The van der Waals surface area contributed by atoms with Gasteiger partial charge in [-0.1, -0.05) is 0 Å². The van der Waals surface area contributed by atoms with Gasteiger partial charge >= 0.3 is 0 Å². The third-order valence-corrected chi connectivity index (χ3v) is 4.36. The van der Waals surface area contributed by atoms with Crippen LogP contribution in [0.5, 0.6) is 0 Å². The van der Waals surface area contributed by atoms with E-state index in [1.807, 2.05) is 42.4 Å². The first-order valence-electron chi connectivity index (χ1n) is 7.94. The van der Waals surface area contributed by atoms with Crippen LogP contribution in [0.15, 0.2) is 43.0 Å². The number of nitrogens with zero attached hydrogens (tertiary/aromatic N) is 4. The topological polar surface area (TPSA) is 49.3 Å². The summed E-state index contributed by atoms with van der Waals surface area (Å²) in [6.07, 6.45) is 9.10. The van der Waals surface area contributed by atoms with Crippen LogP contribution in [0.25, 0.3) is 0 Å². The second-order valence-corrected chi connectivity index (χ2v) is 6.25. The van der Waals surface area contributed by atoms with Gasteiger partial charge in [0.2, 0.25) is 0 Å². The lowest BCUT2D eigenvalue weighted by Gasteiger charge is -2.21. The SMILES string of the molecule is CN(C)c1ccncc1C(=O)N1CCC(Cc2ccncc2)C1. The number of likely N-dealkylation sites (tertiary alicyclic amines) is 1. The Morgan fingerprint density at radius 2 is 1.96 bits per heavy atom. The number of hydrogen-bond acceptors (Lipinski definition) is 4. The van der Waals surface area contributed by atoms with Gasteiger partial charge in [-0.2, -0.15) is 0 Å². The first-order valence-corrected chi connectivity index (χ1v) is 7.94. The van der Waals surface area contributed by atoms with E-state index in [0.717, 1.165) is 31.6 Å². The molecule has 120 valence electrons.